The van der Waals surface area contributed by atoms with Gasteiger partial charge in [0.2, 0.25) is 11.8 Å². The fourth-order valence-electron chi connectivity index (χ4n) is 4.38. The normalized spacial score (nSPS) is 20.9. The molecule has 2 heterocycles. The lowest BCUT2D eigenvalue weighted by Gasteiger charge is -2.31. The van der Waals surface area contributed by atoms with Crippen LogP contribution in [0.1, 0.15) is 29.4 Å². The van der Waals surface area contributed by atoms with E-state index in [0.717, 1.165) is 34.7 Å². The Balaban J connectivity index is 1.73. The van der Waals surface area contributed by atoms with Crippen molar-refractivity contribution >= 4 is 29.3 Å². The Morgan fingerprint density at radius 3 is 2.77 bits per heavy atom. The van der Waals surface area contributed by atoms with Crippen molar-refractivity contribution in [3.8, 4) is 0 Å². The van der Waals surface area contributed by atoms with Crippen molar-refractivity contribution in [2.75, 3.05) is 37.8 Å². The summed E-state index contributed by atoms with van der Waals surface area (Å²) in [5.41, 5.74) is 2.74. The number of rotatable bonds is 6. The molecule has 0 aromatic heterocycles. The minimum Gasteiger partial charge on any atom is -0.392 e. The molecular weight excluding hydrogens is 398 g/mol. The quantitative estimate of drug-likeness (QED) is 0.662. The number of likely N-dealkylation sites (tertiary alicyclic amines) is 1. The molecule has 3 atom stereocenters. The van der Waals surface area contributed by atoms with E-state index in [4.69, 9.17) is 0 Å². The van der Waals surface area contributed by atoms with Gasteiger partial charge >= 0.3 is 0 Å². The summed E-state index contributed by atoms with van der Waals surface area (Å²) in [6.07, 6.45) is 0.449. The van der Waals surface area contributed by atoms with Crippen LogP contribution < -0.4 is 10.6 Å². The Kier molecular flexibility index (Phi) is 6.41. The molecule has 30 heavy (non-hydrogen) atoms. The largest absolute Gasteiger partial charge is 0.392 e. The zero-order chi connectivity index (χ0) is 21.1. The van der Waals surface area contributed by atoms with Crippen LogP contribution in [0.4, 0.5) is 5.69 Å². The van der Waals surface area contributed by atoms with E-state index in [2.05, 4.69) is 27.7 Å². The van der Waals surface area contributed by atoms with Crippen molar-refractivity contribution in [2.24, 2.45) is 0 Å². The van der Waals surface area contributed by atoms with Gasteiger partial charge in [-0.3, -0.25) is 9.59 Å². The zero-order valence-electron chi connectivity index (χ0n) is 17.0. The van der Waals surface area contributed by atoms with Crippen molar-refractivity contribution in [3.63, 3.8) is 0 Å². The van der Waals surface area contributed by atoms with E-state index >= 15 is 0 Å². The number of hydrogen-bond acceptors (Lipinski definition) is 5. The molecule has 0 radical (unpaired) electrons. The second-order valence-electron chi connectivity index (χ2n) is 7.90. The maximum atomic E-state index is 13.1. The zero-order valence-corrected chi connectivity index (χ0v) is 17.8. The minimum absolute atomic E-state index is 0.0215. The van der Waals surface area contributed by atoms with Crippen LogP contribution in [0.15, 0.2) is 53.4 Å². The first-order chi connectivity index (χ1) is 14.5. The average molecular weight is 426 g/mol. The van der Waals surface area contributed by atoms with Crippen molar-refractivity contribution < 1.29 is 14.7 Å². The second kappa shape index (κ2) is 9.20. The molecule has 2 amide bonds. The first-order valence-electron chi connectivity index (χ1n) is 10.3. The lowest BCUT2D eigenvalue weighted by atomic mass is 9.80. The number of carbonyl (C=O) groups excluding carboxylic acids is 2. The summed E-state index contributed by atoms with van der Waals surface area (Å²) in [5, 5.41) is 15.8. The summed E-state index contributed by atoms with van der Waals surface area (Å²) in [6, 6.07) is 16.0. The number of fused-ring (bicyclic) bond motifs is 1. The van der Waals surface area contributed by atoms with Crippen LogP contribution in [0.5, 0.6) is 0 Å². The highest BCUT2D eigenvalue weighted by Gasteiger charge is 2.34. The number of aliphatic hydroxyl groups is 1. The maximum absolute atomic E-state index is 13.1. The van der Waals surface area contributed by atoms with E-state index < -0.39 is 5.92 Å². The van der Waals surface area contributed by atoms with E-state index in [1.54, 1.807) is 7.05 Å². The Morgan fingerprint density at radius 1 is 1.27 bits per heavy atom. The standard InChI is InChI=1S/C23H27N3O3S/c1-24-23(29)22(16-7-8-20-19(11-16)25-21(28)14-30-20)18(15-5-3-2-4-6-15)13-26-10-9-17(27)12-26/h2-8,11,17-18,22,27H,9-10,12-14H2,1H3,(H,24,29)(H,25,28)/t17-,18+,22?/m0/s1. The maximum Gasteiger partial charge on any atom is 0.234 e. The number of β-amino-alcohol motifs (C(OH)–C–C–N with tert-alkyl or cyclic N) is 1. The van der Waals surface area contributed by atoms with Crippen molar-refractivity contribution in [2.45, 2.75) is 29.3 Å². The van der Waals surface area contributed by atoms with Gasteiger partial charge in [0.1, 0.15) is 0 Å². The summed E-state index contributed by atoms with van der Waals surface area (Å²) in [4.78, 5) is 28.2. The second-order valence-corrected chi connectivity index (χ2v) is 8.92. The Hall–Kier alpha value is -2.35. The van der Waals surface area contributed by atoms with Crippen LogP contribution in [-0.4, -0.2) is 60.4 Å². The molecule has 0 saturated carbocycles. The van der Waals surface area contributed by atoms with Gasteiger partial charge in [-0.25, -0.2) is 0 Å². The van der Waals surface area contributed by atoms with Crippen LogP contribution in [0.25, 0.3) is 0 Å². The number of thioether (sulfide) groups is 1. The number of nitrogens with zero attached hydrogens (tertiary/aromatic N) is 1. The van der Waals surface area contributed by atoms with Gasteiger partial charge in [-0.05, 0) is 29.7 Å². The van der Waals surface area contributed by atoms with Gasteiger partial charge in [0, 0.05) is 37.5 Å². The fourth-order valence-corrected chi connectivity index (χ4v) is 5.16. The van der Waals surface area contributed by atoms with E-state index in [1.807, 2.05) is 36.4 Å². The molecule has 2 aliphatic heterocycles. The topological polar surface area (TPSA) is 81.7 Å². The predicted molar refractivity (Wildman–Crippen MR) is 119 cm³/mol. The molecule has 1 unspecified atom stereocenters. The number of aliphatic hydroxyl groups excluding tert-OH is 1. The van der Waals surface area contributed by atoms with Gasteiger partial charge in [-0.2, -0.15) is 0 Å². The SMILES string of the molecule is CNC(=O)C(c1ccc2c(c1)NC(=O)CS2)[C@H](CN1CC[C@H](O)C1)c1ccccc1. The van der Waals surface area contributed by atoms with Crippen LogP contribution >= 0.6 is 11.8 Å². The third-order valence-corrected chi connectivity index (χ3v) is 6.93. The van der Waals surface area contributed by atoms with Gasteiger partial charge in [0.15, 0.2) is 0 Å². The lowest BCUT2D eigenvalue weighted by Crippen LogP contribution is -2.36. The predicted octanol–water partition coefficient (Wildman–Crippen LogP) is 2.41. The number of nitrogens with one attached hydrogen (secondary N) is 2. The van der Waals surface area contributed by atoms with Gasteiger partial charge < -0.3 is 20.6 Å². The fraction of sp³-hybridized carbons (Fsp3) is 0.391. The van der Waals surface area contributed by atoms with E-state index in [-0.39, 0.29) is 23.8 Å². The summed E-state index contributed by atoms with van der Waals surface area (Å²) in [5.74, 6) is -0.161. The Labute approximate surface area is 181 Å². The molecule has 1 fully saturated rings. The van der Waals surface area contributed by atoms with Crippen LogP contribution in [0.3, 0.4) is 0 Å². The monoisotopic (exact) mass is 425 g/mol. The first kappa shape index (κ1) is 20.9. The third kappa shape index (κ3) is 4.53. The van der Waals surface area contributed by atoms with E-state index in [0.29, 0.717) is 18.8 Å². The number of anilines is 1. The number of likely N-dealkylation sites (N-methyl/N-ethyl adjacent to an activating group) is 1. The van der Waals surface area contributed by atoms with Crippen LogP contribution in [-0.2, 0) is 9.59 Å². The van der Waals surface area contributed by atoms with Crippen LogP contribution in [0.2, 0.25) is 0 Å². The molecule has 4 rings (SSSR count). The van der Waals surface area contributed by atoms with Gasteiger partial charge in [-0.1, -0.05) is 36.4 Å². The number of benzene rings is 2. The van der Waals surface area contributed by atoms with Gasteiger partial charge in [0.25, 0.3) is 0 Å². The number of amides is 2. The molecule has 3 N–H and O–H groups in total. The molecule has 2 aromatic carbocycles. The highest BCUT2D eigenvalue weighted by molar-refractivity contribution is 8.00. The van der Waals surface area contributed by atoms with Crippen LogP contribution in [0, 0.1) is 0 Å². The van der Waals surface area contributed by atoms with Gasteiger partial charge in [0.05, 0.1) is 23.5 Å². The van der Waals surface area contributed by atoms with E-state index in [9.17, 15) is 14.7 Å². The summed E-state index contributed by atoms with van der Waals surface area (Å²) < 4.78 is 0. The summed E-state index contributed by atoms with van der Waals surface area (Å²) in [7, 11) is 1.66. The average Bonchev–Trinajstić information content (AvgIpc) is 3.18. The summed E-state index contributed by atoms with van der Waals surface area (Å²) >= 11 is 1.51. The molecule has 2 aliphatic rings. The highest BCUT2D eigenvalue weighted by atomic mass is 32.2. The molecule has 158 valence electrons. The number of hydrogen-bond donors (Lipinski definition) is 3. The molecule has 7 heteroatoms. The third-order valence-electron chi connectivity index (χ3n) is 5.86. The highest BCUT2D eigenvalue weighted by Crippen LogP contribution is 2.39. The molecule has 6 nitrogen and oxygen atoms in total. The lowest BCUT2D eigenvalue weighted by molar-refractivity contribution is -0.122. The molecular formula is C23H27N3O3S. The summed E-state index contributed by atoms with van der Waals surface area (Å²) in [6.45, 7) is 2.12. The van der Waals surface area contributed by atoms with Crippen molar-refractivity contribution in [1.29, 1.82) is 0 Å². The molecule has 0 bridgehead atoms. The number of carbonyl (C=O) groups is 2. The van der Waals surface area contributed by atoms with E-state index in [1.165, 1.54) is 11.8 Å². The molecule has 0 spiro atoms. The minimum atomic E-state index is -0.413. The molecule has 1 saturated heterocycles. The van der Waals surface area contributed by atoms with Gasteiger partial charge in [-0.15, -0.1) is 11.8 Å². The molecule has 0 aliphatic carbocycles. The Morgan fingerprint density at radius 2 is 2.07 bits per heavy atom. The smallest absolute Gasteiger partial charge is 0.234 e. The van der Waals surface area contributed by atoms with Crippen molar-refractivity contribution in [3.05, 3.63) is 59.7 Å². The van der Waals surface area contributed by atoms with Crippen molar-refractivity contribution in [1.82, 2.24) is 10.2 Å². The molecule has 2 aromatic rings. The Bertz CT molecular complexity index is 921. The first-order valence-corrected chi connectivity index (χ1v) is 11.3.